The first-order valence-corrected chi connectivity index (χ1v) is 16.0. The molecule has 1 saturated heterocycles. The van der Waals surface area contributed by atoms with Crippen LogP contribution in [0.5, 0.6) is 0 Å². The van der Waals surface area contributed by atoms with E-state index in [-0.39, 0.29) is 36.0 Å². The molecule has 7 heterocycles. The van der Waals surface area contributed by atoms with Crippen LogP contribution in [0.1, 0.15) is 18.4 Å². The van der Waals surface area contributed by atoms with Crippen LogP contribution in [-0.2, 0) is 16.0 Å². The molecular weight excluding hydrogens is 636 g/mol. The SMILES string of the molecule is O=C(Cc1c[nH]c2ccccc12)Nc1nnc(-c2ccc(-c3cnc(N4CCCC(C(=O)Nc5nnc(-c6ccccn6)[nH]5)C4)nc3)cn2)[nH]1. The molecule has 8 rings (SSSR count). The van der Waals surface area contributed by atoms with Gasteiger partial charge in [0.25, 0.3) is 0 Å². The maximum atomic E-state index is 13.1. The molecule has 248 valence electrons. The molecule has 1 unspecified atom stereocenters. The van der Waals surface area contributed by atoms with Crippen molar-refractivity contribution in [2.75, 3.05) is 28.6 Å². The maximum absolute atomic E-state index is 13.1. The third-order valence-electron chi connectivity index (χ3n) is 8.46. The Labute approximate surface area is 284 Å². The van der Waals surface area contributed by atoms with E-state index in [1.807, 2.05) is 65.7 Å². The zero-order valence-corrected chi connectivity index (χ0v) is 26.5. The van der Waals surface area contributed by atoms with Crippen LogP contribution >= 0.6 is 0 Å². The number of piperidine rings is 1. The Kier molecular flexibility index (Phi) is 8.14. The Morgan fingerprint density at radius 1 is 0.780 bits per heavy atom. The second kappa shape index (κ2) is 13.3. The summed E-state index contributed by atoms with van der Waals surface area (Å²) in [5.41, 5.74) is 4.69. The summed E-state index contributed by atoms with van der Waals surface area (Å²) in [4.78, 5) is 55.0. The fourth-order valence-electron chi connectivity index (χ4n) is 5.93. The quantitative estimate of drug-likeness (QED) is 0.148. The van der Waals surface area contributed by atoms with Gasteiger partial charge in [0.1, 0.15) is 11.4 Å². The van der Waals surface area contributed by atoms with Gasteiger partial charge in [-0.1, -0.05) is 30.3 Å². The molecule has 16 heteroatoms. The number of carbonyl (C=O) groups is 2. The fraction of sp³-hybridized carbons (Fsp3) is 0.176. The van der Waals surface area contributed by atoms with Crippen LogP contribution in [0.4, 0.5) is 17.8 Å². The second-order valence-electron chi connectivity index (χ2n) is 11.8. The molecule has 0 saturated carbocycles. The normalized spacial score (nSPS) is 14.5. The van der Waals surface area contributed by atoms with E-state index in [0.717, 1.165) is 47.0 Å². The van der Waals surface area contributed by atoms with Crippen LogP contribution in [0.15, 0.2) is 85.6 Å². The summed E-state index contributed by atoms with van der Waals surface area (Å²) in [6, 6.07) is 17.0. The highest BCUT2D eigenvalue weighted by atomic mass is 16.2. The van der Waals surface area contributed by atoms with Crippen LogP contribution in [0.2, 0.25) is 0 Å². The first-order chi connectivity index (χ1) is 24.6. The van der Waals surface area contributed by atoms with Crippen molar-refractivity contribution in [2.24, 2.45) is 5.92 Å². The van der Waals surface area contributed by atoms with E-state index < -0.39 is 0 Å². The van der Waals surface area contributed by atoms with Crippen LogP contribution in [0.25, 0.3) is 45.1 Å². The van der Waals surface area contributed by atoms with Gasteiger partial charge < -0.3 is 19.9 Å². The lowest BCUT2D eigenvalue weighted by Crippen LogP contribution is -2.41. The molecule has 50 heavy (non-hydrogen) atoms. The van der Waals surface area contributed by atoms with E-state index in [9.17, 15) is 9.59 Å². The van der Waals surface area contributed by atoms with E-state index in [1.54, 1.807) is 24.8 Å². The number of aromatic nitrogens is 11. The molecule has 1 atom stereocenters. The standard InChI is InChI=1S/C34H30N14O2/c49-28(14-22-16-36-25-8-2-1-7-24(22)25)40-32-41-30(45-46-32)27-11-10-20(15-37-27)23-17-38-34(39-18-23)48-13-5-6-21(19-48)31(50)43-33-42-29(44-47-33)26-9-3-4-12-35-26/h1-4,7-12,15-18,21,36H,5-6,13-14,19H2,(H2,40,41,45,46,49)(H2,42,43,44,47,50). The Hall–Kier alpha value is -6.84. The van der Waals surface area contributed by atoms with Gasteiger partial charge >= 0.3 is 0 Å². The minimum atomic E-state index is -0.267. The van der Waals surface area contributed by atoms with Crippen molar-refractivity contribution < 1.29 is 9.59 Å². The number of hydrogen-bond acceptors (Lipinski definition) is 11. The minimum absolute atomic E-state index is 0.145. The summed E-state index contributed by atoms with van der Waals surface area (Å²) in [6.45, 7) is 1.22. The zero-order valence-electron chi connectivity index (χ0n) is 26.5. The molecule has 1 aliphatic heterocycles. The van der Waals surface area contributed by atoms with Gasteiger partial charge in [-0.2, -0.15) is 0 Å². The van der Waals surface area contributed by atoms with E-state index in [2.05, 4.69) is 65.9 Å². The molecule has 1 aromatic carbocycles. The Balaban J connectivity index is 0.862. The number of rotatable bonds is 9. The zero-order chi connectivity index (χ0) is 33.9. The third-order valence-corrected chi connectivity index (χ3v) is 8.46. The van der Waals surface area contributed by atoms with Gasteiger partial charge in [-0.05, 0) is 42.7 Å². The van der Waals surface area contributed by atoms with Gasteiger partial charge in [-0.3, -0.25) is 30.2 Å². The highest BCUT2D eigenvalue weighted by Crippen LogP contribution is 2.25. The summed E-state index contributed by atoms with van der Waals surface area (Å²) in [5, 5.41) is 23.0. The van der Waals surface area contributed by atoms with Crippen molar-refractivity contribution in [1.29, 1.82) is 0 Å². The fourth-order valence-corrected chi connectivity index (χ4v) is 5.93. The number of nitrogens with zero attached hydrogens (tertiary/aromatic N) is 9. The monoisotopic (exact) mass is 666 g/mol. The molecular formula is C34H30N14O2. The number of para-hydroxylation sites is 1. The van der Waals surface area contributed by atoms with E-state index in [4.69, 9.17) is 0 Å². The lowest BCUT2D eigenvalue weighted by Gasteiger charge is -2.31. The Morgan fingerprint density at radius 2 is 1.52 bits per heavy atom. The topological polar surface area (TPSA) is 212 Å². The number of H-pyrrole nitrogens is 3. The van der Waals surface area contributed by atoms with Gasteiger partial charge in [-0.25, -0.2) is 9.97 Å². The van der Waals surface area contributed by atoms with Gasteiger partial charge in [0.15, 0.2) is 11.6 Å². The molecule has 0 bridgehead atoms. The number of carbonyl (C=O) groups excluding carboxylic acids is 2. The third kappa shape index (κ3) is 6.49. The van der Waals surface area contributed by atoms with Crippen molar-refractivity contribution >= 4 is 40.6 Å². The number of fused-ring (bicyclic) bond motifs is 1. The molecule has 1 aliphatic rings. The average Bonchev–Trinajstić information content (AvgIpc) is 3.93. The predicted molar refractivity (Wildman–Crippen MR) is 184 cm³/mol. The first-order valence-electron chi connectivity index (χ1n) is 16.0. The lowest BCUT2D eigenvalue weighted by molar-refractivity contribution is -0.120. The molecule has 0 aliphatic carbocycles. The molecule has 5 N–H and O–H groups in total. The van der Waals surface area contributed by atoms with Gasteiger partial charge in [-0.15, -0.1) is 20.4 Å². The molecule has 16 nitrogen and oxygen atoms in total. The van der Waals surface area contributed by atoms with Crippen LogP contribution in [0, 0.1) is 5.92 Å². The smallest absolute Gasteiger partial charge is 0.231 e. The molecule has 0 spiro atoms. The molecule has 2 amide bonds. The Bertz CT molecular complexity index is 2260. The van der Waals surface area contributed by atoms with Crippen molar-refractivity contribution in [2.45, 2.75) is 19.3 Å². The summed E-state index contributed by atoms with van der Waals surface area (Å²) in [7, 11) is 0. The van der Waals surface area contributed by atoms with Crippen molar-refractivity contribution in [3.8, 4) is 34.2 Å². The highest BCUT2D eigenvalue weighted by Gasteiger charge is 2.28. The number of aromatic amines is 3. The molecule has 7 aromatic rings. The van der Waals surface area contributed by atoms with Crippen molar-refractivity contribution in [3.05, 3.63) is 91.1 Å². The number of benzene rings is 1. The number of anilines is 3. The predicted octanol–water partition coefficient (Wildman–Crippen LogP) is 4.02. The van der Waals surface area contributed by atoms with Crippen molar-refractivity contribution in [3.63, 3.8) is 0 Å². The van der Waals surface area contributed by atoms with Crippen LogP contribution in [0.3, 0.4) is 0 Å². The van der Waals surface area contributed by atoms with Gasteiger partial charge in [0.2, 0.25) is 29.7 Å². The molecule has 0 radical (unpaired) electrons. The Morgan fingerprint density at radius 3 is 2.28 bits per heavy atom. The largest absolute Gasteiger partial charge is 0.361 e. The minimum Gasteiger partial charge on any atom is -0.361 e. The van der Waals surface area contributed by atoms with Gasteiger partial charge in [0.05, 0.1) is 12.3 Å². The lowest BCUT2D eigenvalue weighted by atomic mass is 9.97. The van der Waals surface area contributed by atoms with Gasteiger partial charge in [0, 0.05) is 66.1 Å². The summed E-state index contributed by atoms with van der Waals surface area (Å²) in [6.07, 6.45) is 10.5. The van der Waals surface area contributed by atoms with E-state index in [1.165, 1.54) is 0 Å². The number of pyridine rings is 2. The number of nitrogens with one attached hydrogen (secondary N) is 5. The number of hydrogen-bond donors (Lipinski definition) is 5. The van der Waals surface area contributed by atoms with Crippen LogP contribution in [-0.4, -0.2) is 80.2 Å². The second-order valence-corrected chi connectivity index (χ2v) is 11.8. The summed E-state index contributed by atoms with van der Waals surface area (Å²) >= 11 is 0. The summed E-state index contributed by atoms with van der Waals surface area (Å²) < 4.78 is 0. The molecule has 6 aromatic heterocycles. The van der Waals surface area contributed by atoms with E-state index >= 15 is 0 Å². The average molecular weight is 667 g/mol. The van der Waals surface area contributed by atoms with Crippen LogP contribution < -0.4 is 15.5 Å². The van der Waals surface area contributed by atoms with E-state index in [0.29, 0.717) is 35.5 Å². The maximum Gasteiger partial charge on any atom is 0.231 e. The highest BCUT2D eigenvalue weighted by molar-refractivity contribution is 5.95. The first kappa shape index (κ1) is 30.5. The summed E-state index contributed by atoms with van der Waals surface area (Å²) in [5.74, 6) is 1.35. The molecule has 1 fully saturated rings. The number of amides is 2. The van der Waals surface area contributed by atoms with Crippen molar-refractivity contribution in [1.82, 2.24) is 55.3 Å².